The molecular weight excluding hydrogens is 222 g/mol. The first kappa shape index (κ1) is 14.0. The van der Waals surface area contributed by atoms with Gasteiger partial charge in [0, 0.05) is 20.1 Å². The summed E-state index contributed by atoms with van der Waals surface area (Å²) in [6.07, 6.45) is 3.99. The van der Waals surface area contributed by atoms with E-state index in [-0.39, 0.29) is 17.7 Å². The number of carboxylic acid groups (broad SMARTS) is 1. The molecule has 1 rings (SSSR count). The first-order chi connectivity index (χ1) is 8.15. The van der Waals surface area contributed by atoms with Crippen LogP contribution in [-0.2, 0) is 14.3 Å². The lowest BCUT2D eigenvalue weighted by molar-refractivity contribution is -0.145. The Morgan fingerprint density at radius 3 is 2.71 bits per heavy atom. The van der Waals surface area contributed by atoms with Crippen LogP contribution >= 0.6 is 0 Å². The van der Waals surface area contributed by atoms with Crippen molar-refractivity contribution in [2.24, 2.45) is 11.8 Å². The zero-order valence-corrected chi connectivity index (χ0v) is 10.3. The molecule has 0 aromatic carbocycles. The van der Waals surface area contributed by atoms with Crippen molar-refractivity contribution in [2.75, 3.05) is 20.3 Å². The van der Waals surface area contributed by atoms with E-state index in [1.165, 1.54) is 0 Å². The van der Waals surface area contributed by atoms with Gasteiger partial charge in [-0.05, 0) is 18.8 Å². The smallest absolute Gasteiger partial charge is 0.306 e. The van der Waals surface area contributed by atoms with Gasteiger partial charge in [-0.1, -0.05) is 12.8 Å². The Bertz CT molecular complexity index is 267. The number of methoxy groups -OCH3 is 1. The summed E-state index contributed by atoms with van der Waals surface area (Å²) in [5.74, 6) is -1.03. The summed E-state index contributed by atoms with van der Waals surface area (Å²) in [7, 11) is 1.55. The van der Waals surface area contributed by atoms with Crippen LogP contribution in [0.3, 0.4) is 0 Å². The number of aliphatic carboxylic acids is 1. The molecule has 17 heavy (non-hydrogen) atoms. The van der Waals surface area contributed by atoms with Crippen LogP contribution in [0.1, 0.15) is 32.1 Å². The minimum atomic E-state index is -0.735. The number of carbonyl (C=O) groups excluding carboxylic acids is 1. The largest absolute Gasteiger partial charge is 0.481 e. The highest BCUT2D eigenvalue weighted by Crippen LogP contribution is 2.29. The maximum atomic E-state index is 11.4. The van der Waals surface area contributed by atoms with E-state index in [0.717, 1.165) is 25.7 Å². The standard InChI is InChI=1S/C12H21NO4/c1-17-7-6-11(14)13-8-9-4-2-3-5-10(9)12(15)16/h9-10H,2-8H2,1H3,(H,13,14)(H,15,16). The first-order valence-electron chi connectivity index (χ1n) is 6.13. The summed E-state index contributed by atoms with van der Waals surface area (Å²) in [4.78, 5) is 22.4. The summed E-state index contributed by atoms with van der Waals surface area (Å²) < 4.78 is 4.81. The Labute approximate surface area is 102 Å². The lowest BCUT2D eigenvalue weighted by Crippen LogP contribution is -2.37. The molecule has 1 aliphatic carbocycles. The van der Waals surface area contributed by atoms with Gasteiger partial charge in [0.2, 0.25) is 5.91 Å². The van der Waals surface area contributed by atoms with Gasteiger partial charge in [-0.15, -0.1) is 0 Å². The van der Waals surface area contributed by atoms with E-state index >= 15 is 0 Å². The molecule has 0 heterocycles. The van der Waals surface area contributed by atoms with Crippen molar-refractivity contribution in [2.45, 2.75) is 32.1 Å². The Balaban J connectivity index is 2.32. The van der Waals surface area contributed by atoms with Crippen molar-refractivity contribution >= 4 is 11.9 Å². The van der Waals surface area contributed by atoms with E-state index in [1.54, 1.807) is 7.11 Å². The molecule has 2 unspecified atom stereocenters. The second-order valence-electron chi connectivity index (χ2n) is 4.54. The molecule has 1 amide bonds. The van der Waals surface area contributed by atoms with Crippen LogP contribution in [0.25, 0.3) is 0 Å². The average Bonchev–Trinajstić information content (AvgIpc) is 2.34. The fraction of sp³-hybridized carbons (Fsp3) is 0.833. The summed E-state index contributed by atoms with van der Waals surface area (Å²) in [6, 6.07) is 0. The molecule has 2 atom stereocenters. The fourth-order valence-corrected chi connectivity index (χ4v) is 2.31. The van der Waals surface area contributed by atoms with Gasteiger partial charge in [-0.3, -0.25) is 9.59 Å². The molecule has 0 saturated heterocycles. The van der Waals surface area contributed by atoms with E-state index in [4.69, 9.17) is 9.84 Å². The van der Waals surface area contributed by atoms with E-state index in [1.807, 2.05) is 0 Å². The third-order valence-corrected chi connectivity index (χ3v) is 3.32. The zero-order valence-electron chi connectivity index (χ0n) is 10.3. The van der Waals surface area contributed by atoms with Gasteiger partial charge in [-0.25, -0.2) is 0 Å². The average molecular weight is 243 g/mol. The van der Waals surface area contributed by atoms with Gasteiger partial charge in [0.25, 0.3) is 0 Å². The lowest BCUT2D eigenvalue weighted by Gasteiger charge is -2.28. The number of hydrogen-bond donors (Lipinski definition) is 2. The molecule has 2 N–H and O–H groups in total. The van der Waals surface area contributed by atoms with Gasteiger partial charge >= 0.3 is 5.97 Å². The topological polar surface area (TPSA) is 75.6 Å². The number of rotatable bonds is 6. The predicted molar refractivity (Wildman–Crippen MR) is 62.6 cm³/mol. The maximum Gasteiger partial charge on any atom is 0.306 e. The summed E-state index contributed by atoms with van der Waals surface area (Å²) >= 11 is 0. The van der Waals surface area contributed by atoms with Crippen LogP contribution < -0.4 is 5.32 Å². The van der Waals surface area contributed by atoms with Crippen molar-refractivity contribution in [1.82, 2.24) is 5.32 Å². The van der Waals surface area contributed by atoms with Gasteiger partial charge in [0.05, 0.1) is 12.5 Å². The van der Waals surface area contributed by atoms with Crippen LogP contribution in [0.15, 0.2) is 0 Å². The number of carbonyl (C=O) groups is 2. The molecular formula is C12H21NO4. The highest BCUT2D eigenvalue weighted by atomic mass is 16.5. The minimum absolute atomic E-state index is 0.0680. The summed E-state index contributed by atoms with van der Waals surface area (Å²) in [6.45, 7) is 0.873. The monoisotopic (exact) mass is 243 g/mol. The quantitative estimate of drug-likeness (QED) is 0.730. The molecule has 98 valence electrons. The molecule has 0 aromatic heterocycles. The predicted octanol–water partition coefficient (Wildman–Crippen LogP) is 1.03. The Morgan fingerprint density at radius 1 is 1.35 bits per heavy atom. The third kappa shape index (κ3) is 4.73. The van der Waals surface area contributed by atoms with E-state index in [0.29, 0.717) is 19.6 Å². The van der Waals surface area contributed by atoms with Crippen LogP contribution in [0.5, 0.6) is 0 Å². The lowest BCUT2D eigenvalue weighted by atomic mass is 9.79. The van der Waals surface area contributed by atoms with Crippen molar-refractivity contribution < 1.29 is 19.4 Å². The van der Waals surface area contributed by atoms with E-state index < -0.39 is 5.97 Å². The van der Waals surface area contributed by atoms with Crippen LogP contribution in [-0.4, -0.2) is 37.2 Å². The minimum Gasteiger partial charge on any atom is -0.481 e. The molecule has 1 saturated carbocycles. The fourth-order valence-electron chi connectivity index (χ4n) is 2.31. The van der Waals surface area contributed by atoms with Crippen LogP contribution in [0, 0.1) is 11.8 Å². The van der Waals surface area contributed by atoms with Crippen LogP contribution in [0.2, 0.25) is 0 Å². The molecule has 0 bridgehead atoms. The third-order valence-electron chi connectivity index (χ3n) is 3.32. The Hall–Kier alpha value is -1.10. The maximum absolute atomic E-state index is 11.4. The molecule has 0 spiro atoms. The van der Waals surface area contributed by atoms with E-state index in [9.17, 15) is 9.59 Å². The van der Waals surface area contributed by atoms with Gasteiger partial charge in [0.15, 0.2) is 0 Å². The van der Waals surface area contributed by atoms with E-state index in [2.05, 4.69) is 5.32 Å². The Morgan fingerprint density at radius 2 is 2.06 bits per heavy atom. The number of hydrogen-bond acceptors (Lipinski definition) is 3. The number of ether oxygens (including phenoxy) is 1. The van der Waals surface area contributed by atoms with Crippen LogP contribution in [0.4, 0.5) is 0 Å². The first-order valence-corrected chi connectivity index (χ1v) is 6.13. The zero-order chi connectivity index (χ0) is 12.7. The van der Waals surface area contributed by atoms with Crippen molar-refractivity contribution in [3.05, 3.63) is 0 Å². The summed E-state index contributed by atoms with van der Waals surface area (Å²) in [5.41, 5.74) is 0. The molecule has 5 nitrogen and oxygen atoms in total. The van der Waals surface area contributed by atoms with Crippen molar-refractivity contribution in [3.8, 4) is 0 Å². The highest BCUT2D eigenvalue weighted by Gasteiger charge is 2.30. The van der Waals surface area contributed by atoms with Crippen molar-refractivity contribution in [1.29, 1.82) is 0 Å². The second-order valence-corrected chi connectivity index (χ2v) is 4.54. The van der Waals surface area contributed by atoms with Gasteiger partial charge in [0.1, 0.15) is 0 Å². The molecule has 1 fully saturated rings. The molecule has 0 aromatic rings. The highest BCUT2D eigenvalue weighted by molar-refractivity contribution is 5.76. The SMILES string of the molecule is COCCC(=O)NCC1CCCCC1C(=O)O. The molecule has 5 heteroatoms. The number of carboxylic acids is 1. The second kappa shape index (κ2) is 7.27. The molecule has 0 radical (unpaired) electrons. The normalized spacial score (nSPS) is 24.3. The molecule has 0 aliphatic heterocycles. The molecule has 1 aliphatic rings. The number of amides is 1. The van der Waals surface area contributed by atoms with Crippen molar-refractivity contribution in [3.63, 3.8) is 0 Å². The number of nitrogens with one attached hydrogen (secondary N) is 1. The summed E-state index contributed by atoms with van der Waals surface area (Å²) in [5, 5.41) is 11.9. The Kier molecular flexibility index (Phi) is 5.97. The van der Waals surface area contributed by atoms with Gasteiger partial charge in [-0.2, -0.15) is 0 Å². The van der Waals surface area contributed by atoms with Gasteiger partial charge < -0.3 is 15.2 Å².